The lowest BCUT2D eigenvalue weighted by Crippen LogP contribution is -2.31. The van der Waals surface area contributed by atoms with Crippen LogP contribution in [0.4, 0.5) is 10.1 Å². The van der Waals surface area contributed by atoms with Crippen molar-refractivity contribution in [3.63, 3.8) is 0 Å². The fraction of sp³-hybridized carbons (Fsp3) is 0.150. The Kier molecular flexibility index (Phi) is 5.87. The zero-order valence-electron chi connectivity index (χ0n) is 16.2. The van der Waals surface area contributed by atoms with E-state index < -0.39 is 10.0 Å². The molecule has 0 spiro atoms. The Bertz CT molecular complexity index is 1270. The average molecular weight is 479 g/mol. The maximum atomic E-state index is 12.9. The van der Waals surface area contributed by atoms with Crippen LogP contribution in [0.2, 0.25) is 5.02 Å². The maximum absolute atomic E-state index is 12.9. The van der Waals surface area contributed by atoms with Gasteiger partial charge in [0.1, 0.15) is 10.7 Å². The summed E-state index contributed by atoms with van der Waals surface area (Å²) in [6, 6.07) is 10.8. The summed E-state index contributed by atoms with van der Waals surface area (Å²) in [5.74, 6) is -0.553. The minimum atomic E-state index is -3.81. The van der Waals surface area contributed by atoms with Gasteiger partial charge < -0.3 is 5.32 Å². The van der Waals surface area contributed by atoms with Gasteiger partial charge in [0.25, 0.3) is 10.0 Å². The van der Waals surface area contributed by atoms with Crippen LogP contribution < -0.4 is 9.62 Å². The van der Waals surface area contributed by atoms with Crippen LogP contribution in [0.15, 0.2) is 58.7 Å². The fourth-order valence-corrected chi connectivity index (χ4v) is 5.14. The smallest absolute Gasteiger partial charge is 0.267 e. The predicted octanol–water partition coefficient (Wildman–Crippen LogP) is 3.48. The van der Waals surface area contributed by atoms with E-state index >= 15 is 0 Å². The van der Waals surface area contributed by atoms with Crippen LogP contribution in [0, 0.1) is 5.82 Å². The van der Waals surface area contributed by atoms with Gasteiger partial charge in [-0.15, -0.1) is 0 Å². The summed E-state index contributed by atoms with van der Waals surface area (Å²) in [4.78, 5) is 20.7. The second-order valence-electron chi connectivity index (χ2n) is 6.69. The first kappa shape index (κ1) is 21.5. The van der Waals surface area contributed by atoms with Gasteiger partial charge >= 0.3 is 0 Å². The number of rotatable bonds is 5. The van der Waals surface area contributed by atoms with Gasteiger partial charge in [-0.1, -0.05) is 35.5 Å². The van der Waals surface area contributed by atoms with E-state index in [4.69, 9.17) is 11.6 Å². The lowest BCUT2D eigenvalue weighted by Gasteiger charge is -2.28. The van der Waals surface area contributed by atoms with E-state index in [0.29, 0.717) is 16.3 Å². The number of anilines is 1. The van der Waals surface area contributed by atoms with Crippen LogP contribution in [0.1, 0.15) is 5.56 Å². The molecule has 1 aliphatic rings. The Hall–Kier alpha value is -2.69. The average Bonchev–Trinajstić information content (AvgIpc) is 2.75. The zero-order valence-corrected chi connectivity index (χ0v) is 18.6. The number of nitrogens with one attached hydrogen (secondary N) is 1. The van der Waals surface area contributed by atoms with Crippen molar-refractivity contribution in [3.05, 3.63) is 65.1 Å². The van der Waals surface area contributed by atoms with E-state index in [2.05, 4.69) is 15.3 Å². The number of hydrogen-bond donors (Lipinski definition) is 1. The molecule has 0 saturated heterocycles. The lowest BCUT2D eigenvalue weighted by atomic mass is 10.1. The molecule has 1 aromatic heterocycles. The molecule has 1 N–H and O–H groups in total. The van der Waals surface area contributed by atoms with Gasteiger partial charge in [0, 0.05) is 24.2 Å². The molecule has 11 heteroatoms. The first-order valence-corrected chi connectivity index (χ1v) is 11.9. The Balaban J connectivity index is 1.50. The van der Waals surface area contributed by atoms with Crippen molar-refractivity contribution in [2.75, 3.05) is 17.1 Å². The number of sulfonamides is 1. The molecule has 0 aliphatic carbocycles. The summed E-state index contributed by atoms with van der Waals surface area (Å²) in [6.07, 6.45) is 1.25. The molecule has 2 heterocycles. The number of carbonyl (C=O) groups is 1. The number of halogens is 2. The number of hydrogen-bond acceptors (Lipinski definition) is 6. The minimum absolute atomic E-state index is 0.00469. The van der Waals surface area contributed by atoms with Crippen molar-refractivity contribution in [1.29, 1.82) is 0 Å². The van der Waals surface area contributed by atoms with E-state index in [9.17, 15) is 17.6 Å². The SMILES string of the molecule is CN1c2cc(Cl)ccc2-c2nc(SCC(=O)NCc3ccc(F)cc3)ncc2S1(=O)=O. The highest BCUT2D eigenvalue weighted by molar-refractivity contribution is 7.99. The number of thioether (sulfide) groups is 1. The van der Waals surface area contributed by atoms with E-state index in [1.165, 1.54) is 25.4 Å². The maximum Gasteiger partial charge on any atom is 0.267 e. The van der Waals surface area contributed by atoms with Crippen LogP contribution >= 0.6 is 23.4 Å². The van der Waals surface area contributed by atoms with Crippen LogP contribution in [0.3, 0.4) is 0 Å². The zero-order chi connectivity index (χ0) is 22.2. The molecule has 0 saturated carbocycles. The molecule has 0 unspecified atom stereocenters. The largest absolute Gasteiger partial charge is 0.351 e. The summed E-state index contributed by atoms with van der Waals surface area (Å²) in [6.45, 7) is 0.267. The third kappa shape index (κ3) is 4.36. The number of carbonyl (C=O) groups excluding carboxylic acids is 1. The number of aromatic nitrogens is 2. The molecule has 1 aliphatic heterocycles. The van der Waals surface area contributed by atoms with Gasteiger partial charge in [0.05, 0.1) is 23.3 Å². The molecular formula is C20H16ClFN4O3S2. The van der Waals surface area contributed by atoms with Crippen molar-refractivity contribution in [1.82, 2.24) is 15.3 Å². The molecule has 160 valence electrons. The highest BCUT2D eigenvalue weighted by atomic mass is 35.5. The molecular weight excluding hydrogens is 463 g/mol. The third-order valence-corrected chi connectivity index (χ3v) is 7.53. The summed E-state index contributed by atoms with van der Waals surface area (Å²) in [7, 11) is -2.36. The molecule has 3 aromatic rings. The summed E-state index contributed by atoms with van der Waals surface area (Å²) >= 11 is 7.13. The Morgan fingerprint density at radius 1 is 1.23 bits per heavy atom. The van der Waals surface area contributed by atoms with Gasteiger partial charge in [-0.2, -0.15) is 0 Å². The van der Waals surface area contributed by atoms with Crippen LogP contribution in [-0.2, 0) is 21.4 Å². The van der Waals surface area contributed by atoms with Gasteiger partial charge in [-0.3, -0.25) is 9.10 Å². The quantitative estimate of drug-likeness (QED) is 0.446. The predicted molar refractivity (Wildman–Crippen MR) is 117 cm³/mol. The normalized spacial score (nSPS) is 14.0. The van der Waals surface area contributed by atoms with Crippen molar-refractivity contribution >= 4 is 45.0 Å². The van der Waals surface area contributed by atoms with E-state index in [1.54, 1.807) is 30.3 Å². The Morgan fingerprint density at radius 2 is 1.97 bits per heavy atom. The summed E-state index contributed by atoms with van der Waals surface area (Å²) in [5, 5.41) is 3.42. The highest BCUT2D eigenvalue weighted by Crippen LogP contribution is 2.42. The standard InChI is InChI=1S/C20H16ClFN4O3S2/c1-26-16-8-13(21)4-7-15(16)19-17(31(26,28)29)10-24-20(25-19)30-11-18(27)23-9-12-2-5-14(22)6-3-12/h2-8,10H,9,11H2,1H3,(H,23,27). The van der Waals surface area contributed by atoms with E-state index in [0.717, 1.165) is 21.6 Å². The Morgan fingerprint density at radius 3 is 2.71 bits per heavy atom. The van der Waals surface area contributed by atoms with Crippen LogP contribution in [-0.4, -0.2) is 37.1 Å². The van der Waals surface area contributed by atoms with Gasteiger partial charge in [0.15, 0.2) is 5.16 Å². The van der Waals surface area contributed by atoms with Crippen LogP contribution in [0.5, 0.6) is 0 Å². The van der Waals surface area contributed by atoms with Crippen molar-refractivity contribution < 1.29 is 17.6 Å². The fourth-order valence-electron chi connectivity index (χ4n) is 3.03. The van der Waals surface area contributed by atoms with Gasteiger partial charge in [-0.05, 0) is 35.9 Å². The molecule has 0 atom stereocenters. The van der Waals surface area contributed by atoms with Gasteiger partial charge in [-0.25, -0.2) is 22.8 Å². The lowest BCUT2D eigenvalue weighted by molar-refractivity contribution is -0.118. The highest BCUT2D eigenvalue weighted by Gasteiger charge is 2.34. The number of fused-ring (bicyclic) bond motifs is 3. The van der Waals surface area contributed by atoms with Crippen LogP contribution in [0.25, 0.3) is 11.3 Å². The van der Waals surface area contributed by atoms with E-state index in [-0.39, 0.29) is 39.8 Å². The first-order valence-electron chi connectivity index (χ1n) is 9.05. The minimum Gasteiger partial charge on any atom is -0.351 e. The molecule has 4 rings (SSSR count). The van der Waals surface area contributed by atoms with Crippen molar-refractivity contribution in [2.24, 2.45) is 0 Å². The second kappa shape index (κ2) is 8.45. The molecule has 7 nitrogen and oxygen atoms in total. The molecule has 0 bridgehead atoms. The van der Waals surface area contributed by atoms with Crippen molar-refractivity contribution in [3.8, 4) is 11.3 Å². The topological polar surface area (TPSA) is 92.3 Å². The first-order chi connectivity index (χ1) is 14.8. The molecule has 31 heavy (non-hydrogen) atoms. The van der Waals surface area contributed by atoms with E-state index in [1.807, 2.05) is 0 Å². The summed E-state index contributed by atoms with van der Waals surface area (Å²) < 4.78 is 39.7. The monoisotopic (exact) mass is 478 g/mol. The number of benzene rings is 2. The third-order valence-electron chi connectivity index (χ3n) is 4.66. The molecule has 1 amide bonds. The number of amides is 1. The number of nitrogens with zero attached hydrogens (tertiary/aromatic N) is 3. The molecule has 0 fully saturated rings. The van der Waals surface area contributed by atoms with Gasteiger partial charge in [0.2, 0.25) is 5.91 Å². The van der Waals surface area contributed by atoms with Crippen molar-refractivity contribution in [2.45, 2.75) is 16.6 Å². The molecule has 0 radical (unpaired) electrons. The second-order valence-corrected chi connectivity index (χ2v) is 10.0. The summed E-state index contributed by atoms with van der Waals surface area (Å²) in [5.41, 5.74) is 2.08. The molecule has 2 aromatic carbocycles. The Labute approximate surface area is 187 Å².